The van der Waals surface area contributed by atoms with Crippen LogP contribution in [0.15, 0.2) is 29.2 Å². The zero-order chi connectivity index (χ0) is 13.3. The molecule has 0 spiro atoms. The Hall–Kier alpha value is -1.56. The van der Waals surface area contributed by atoms with Gasteiger partial charge in [0, 0.05) is 0 Å². The number of ether oxygens (including phenoxy) is 1. The molecule has 0 aromatic heterocycles. The highest BCUT2D eigenvalue weighted by Gasteiger charge is 2.45. The van der Waals surface area contributed by atoms with Gasteiger partial charge in [-0.3, -0.25) is 4.79 Å². The van der Waals surface area contributed by atoms with Gasteiger partial charge in [0.25, 0.3) is 0 Å². The minimum atomic E-state index is -3.85. The molecule has 1 N–H and O–H groups in total. The van der Waals surface area contributed by atoms with E-state index in [-0.39, 0.29) is 10.8 Å². The van der Waals surface area contributed by atoms with Crippen LogP contribution in [-0.4, -0.2) is 31.9 Å². The van der Waals surface area contributed by atoms with Gasteiger partial charge in [0.1, 0.15) is 5.75 Å². The SMILES string of the molecule is COc1cccc(S(=O)(=O)C(C(=O)O)C2CC2)c1. The summed E-state index contributed by atoms with van der Waals surface area (Å²) >= 11 is 0. The number of carboxylic acid groups (broad SMARTS) is 1. The van der Waals surface area contributed by atoms with E-state index in [0.717, 1.165) is 0 Å². The molecule has 1 saturated carbocycles. The number of sulfone groups is 1. The molecule has 0 heterocycles. The molecule has 6 heteroatoms. The fraction of sp³-hybridized carbons (Fsp3) is 0.417. The lowest BCUT2D eigenvalue weighted by atomic mass is 10.3. The van der Waals surface area contributed by atoms with Gasteiger partial charge in [-0.15, -0.1) is 0 Å². The average Bonchev–Trinajstić information content (AvgIpc) is 3.13. The first-order valence-electron chi connectivity index (χ1n) is 5.57. The molecule has 1 aromatic carbocycles. The maximum atomic E-state index is 12.3. The fourth-order valence-corrected chi connectivity index (χ4v) is 3.80. The number of carbonyl (C=O) groups is 1. The van der Waals surface area contributed by atoms with Gasteiger partial charge in [0.15, 0.2) is 15.1 Å². The van der Waals surface area contributed by atoms with Crippen LogP contribution in [0.4, 0.5) is 0 Å². The van der Waals surface area contributed by atoms with Crippen molar-refractivity contribution in [2.75, 3.05) is 7.11 Å². The van der Waals surface area contributed by atoms with Gasteiger partial charge in [0.05, 0.1) is 12.0 Å². The van der Waals surface area contributed by atoms with E-state index in [1.165, 1.54) is 25.3 Å². The smallest absolute Gasteiger partial charge is 0.322 e. The molecule has 1 fully saturated rings. The molecule has 1 atom stereocenters. The Morgan fingerprint density at radius 1 is 1.44 bits per heavy atom. The van der Waals surface area contributed by atoms with Gasteiger partial charge in [-0.25, -0.2) is 8.42 Å². The van der Waals surface area contributed by atoms with E-state index < -0.39 is 21.1 Å². The van der Waals surface area contributed by atoms with Crippen molar-refractivity contribution in [1.82, 2.24) is 0 Å². The van der Waals surface area contributed by atoms with Gasteiger partial charge in [-0.1, -0.05) is 6.07 Å². The number of benzene rings is 1. The third-order valence-corrected chi connectivity index (χ3v) is 5.16. The van der Waals surface area contributed by atoms with Crippen LogP contribution in [0.5, 0.6) is 5.75 Å². The molecule has 0 amide bonds. The predicted molar refractivity (Wildman–Crippen MR) is 64.3 cm³/mol. The van der Waals surface area contributed by atoms with Crippen LogP contribution in [-0.2, 0) is 14.6 Å². The summed E-state index contributed by atoms with van der Waals surface area (Å²) in [6.45, 7) is 0. The van der Waals surface area contributed by atoms with E-state index in [9.17, 15) is 13.2 Å². The molecule has 5 nitrogen and oxygen atoms in total. The van der Waals surface area contributed by atoms with Crippen molar-refractivity contribution in [3.63, 3.8) is 0 Å². The first-order valence-corrected chi connectivity index (χ1v) is 7.12. The average molecular weight is 270 g/mol. The molecule has 18 heavy (non-hydrogen) atoms. The third kappa shape index (κ3) is 2.33. The summed E-state index contributed by atoms with van der Waals surface area (Å²) in [5, 5.41) is 7.75. The maximum Gasteiger partial charge on any atom is 0.322 e. The number of hydrogen-bond acceptors (Lipinski definition) is 4. The van der Waals surface area contributed by atoms with Crippen molar-refractivity contribution < 1.29 is 23.1 Å². The van der Waals surface area contributed by atoms with Crippen LogP contribution in [0.1, 0.15) is 12.8 Å². The van der Waals surface area contributed by atoms with Gasteiger partial charge in [0.2, 0.25) is 0 Å². The second-order valence-electron chi connectivity index (χ2n) is 4.32. The molecular formula is C12H14O5S. The van der Waals surface area contributed by atoms with Crippen LogP contribution in [0.25, 0.3) is 0 Å². The Balaban J connectivity index is 2.42. The summed E-state index contributed by atoms with van der Waals surface area (Å²) in [6, 6.07) is 5.91. The normalized spacial score (nSPS) is 17.2. The molecule has 98 valence electrons. The van der Waals surface area contributed by atoms with Gasteiger partial charge >= 0.3 is 5.97 Å². The molecular weight excluding hydrogens is 256 g/mol. The van der Waals surface area contributed by atoms with Crippen molar-refractivity contribution in [3.8, 4) is 5.75 Å². The van der Waals surface area contributed by atoms with Crippen LogP contribution in [0, 0.1) is 5.92 Å². The second-order valence-corrected chi connectivity index (χ2v) is 6.39. The number of rotatable bonds is 5. The second kappa shape index (κ2) is 4.61. The molecule has 0 aliphatic heterocycles. The molecule has 1 aliphatic carbocycles. The van der Waals surface area contributed by atoms with Crippen LogP contribution in [0.3, 0.4) is 0 Å². The molecule has 1 aliphatic rings. The monoisotopic (exact) mass is 270 g/mol. The highest BCUT2D eigenvalue weighted by atomic mass is 32.2. The molecule has 2 rings (SSSR count). The van der Waals surface area contributed by atoms with E-state index >= 15 is 0 Å². The third-order valence-electron chi connectivity index (χ3n) is 3.00. The quantitative estimate of drug-likeness (QED) is 0.873. The topological polar surface area (TPSA) is 80.7 Å². The Kier molecular flexibility index (Phi) is 3.30. The van der Waals surface area contributed by atoms with Gasteiger partial charge < -0.3 is 9.84 Å². The highest BCUT2D eigenvalue weighted by Crippen LogP contribution is 2.39. The Labute approximate surface area is 105 Å². The zero-order valence-corrected chi connectivity index (χ0v) is 10.7. The lowest BCUT2D eigenvalue weighted by Crippen LogP contribution is -2.32. The minimum absolute atomic E-state index is 0.00106. The van der Waals surface area contributed by atoms with E-state index in [0.29, 0.717) is 18.6 Å². The summed E-state index contributed by atoms with van der Waals surface area (Å²) in [4.78, 5) is 11.1. The van der Waals surface area contributed by atoms with Crippen molar-refractivity contribution in [2.24, 2.45) is 5.92 Å². The Bertz CT molecular complexity index is 560. The molecule has 1 unspecified atom stereocenters. The lowest BCUT2D eigenvalue weighted by Gasteiger charge is -2.13. The minimum Gasteiger partial charge on any atom is -0.497 e. The van der Waals surface area contributed by atoms with Gasteiger partial charge in [-0.05, 0) is 37.0 Å². The van der Waals surface area contributed by atoms with Gasteiger partial charge in [-0.2, -0.15) is 0 Å². The Morgan fingerprint density at radius 3 is 2.61 bits per heavy atom. The van der Waals surface area contributed by atoms with Crippen molar-refractivity contribution in [3.05, 3.63) is 24.3 Å². The van der Waals surface area contributed by atoms with E-state index in [1.54, 1.807) is 6.07 Å². The molecule has 0 radical (unpaired) electrons. The summed E-state index contributed by atoms with van der Waals surface area (Å²) in [5.41, 5.74) is 0. The first kappa shape index (κ1) is 12.9. The van der Waals surface area contributed by atoms with Crippen molar-refractivity contribution in [2.45, 2.75) is 23.0 Å². The predicted octanol–water partition coefficient (Wildman–Crippen LogP) is 1.33. The zero-order valence-electron chi connectivity index (χ0n) is 9.87. The summed E-state index contributed by atoms with van der Waals surface area (Å²) in [5.74, 6) is -1.14. The lowest BCUT2D eigenvalue weighted by molar-refractivity contribution is -0.136. The van der Waals surface area contributed by atoms with E-state index in [2.05, 4.69) is 0 Å². The first-order chi connectivity index (χ1) is 8.46. The molecule has 1 aromatic rings. The summed E-state index contributed by atoms with van der Waals surface area (Å²) < 4.78 is 29.5. The number of aliphatic carboxylic acids is 1. The van der Waals surface area contributed by atoms with E-state index in [1.807, 2.05) is 0 Å². The van der Waals surface area contributed by atoms with Crippen molar-refractivity contribution in [1.29, 1.82) is 0 Å². The van der Waals surface area contributed by atoms with Crippen LogP contribution >= 0.6 is 0 Å². The number of methoxy groups -OCH3 is 1. The van der Waals surface area contributed by atoms with Crippen molar-refractivity contribution >= 4 is 15.8 Å². The fourth-order valence-electron chi connectivity index (χ4n) is 1.91. The van der Waals surface area contributed by atoms with Crippen LogP contribution < -0.4 is 4.74 Å². The highest BCUT2D eigenvalue weighted by molar-refractivity contribution is 7.92. The molecule has 0 saturated heterocycles. The largest absolute Gasteiger partial charge is 0.497 e. The standard InChI is InChI=1S/C12H14O5S/c1-17-9-3-2-4-10(7-9)18(15,16)11(12(13)14)8-5-6-8/h2-4,7-8,11H,5-6H2,1H3,(H,13,14). The maximum absolute atomic E-state index is 12.3. The van der Waals surface area contributed by atoms with E-state index in [4.69, 9.17) is 9.84 Å². The summed E-state index contributed by atoms with van der Waals surface area (Å²) in [6.07, 6.45) is 1.31. The number of hydrogen-bond donors (Lipinski definition) is 1. The van der Waals surface area contributed by atoms with Crippen LogP contribution in [0.2, 0.25) is 0 Å². The number of carboxylic acids is 1. The summed E-state index contributed by atoms with van der Waals surface area (Å²) in [7, 11) is -2.42. The Morgan fingerprint density at radius 2 is 2.11 bits per heavy atom. The molecule has 0 bridgehead atoms.